The molecule has 0 fully saturated rings. The van der Waals surface area contributed by atoms with Crippen LogP contribution in [0.2, 0.25) is 0 Å². The standard InChI is InChI=1S/C8H15NO/c1-3-4-5-8-6-7(2)10-9-8/h7H,3-6H2,1-2H3. The van der Waals surface area contributed by atoms with Gasteiger partial charge in [-0.05, 0) is 19.8 Å². The third kappa shape index (κ3) is 2.01. The third-order valence-electron chi connectivity index (χ3n) is 1.70. The van der Waals surface area contributed by atoms with Gasteiger partial charge in [0.1, 0.15) is 6.10 Å². The molecular formula is C8H15NO. The second kappa shape index (κ2) is 3.59. The highest BCUT2D eigenvalue weighted by Crippen LogP contribution is 2.13. The van der Waals surface area contributed by atoms with Gasteiger partial charge in [0.2, 0.25) is 0 Å². The lowest BCUT2D eigenvalue weighted by Gasteiger charge is -1.96. The molecule has 0 amide bonds. The van der Waals surface area contributed by atoms with E-state index in [1.807, 2.05) is 0 Å². The second-order valence-electron chi connectivity index (χ2n) is 2.88. The number of oxime groups is 1. The summed E-state index contributed by atoms with van der Waals surface area (Å²) in [6.07, 6.45) is 4.98. The van der Waals surface area contributed by atoms with Gasteiger partial charge in [-0.1, -0.05) is 18.5 Å². The van der Waals surface area contributed by atoms with Gasteiger partial charge in [-0.15, -0.1) is 0 Å². The van der Waals surface area contributed by atoms with Gasteiger partial charge in [0.25, 0.3) is 0 Å². The molecule has 2 nitrogen and oxygen atoms in total. The van der Waals surface area contributed by atoms with Crippen LogP contribution >= 0.6 is 0 Å². The summed E-state index contributed by atoms with van der Waals surface area (Å²) in [7, 11) is 0. The van der Waals surface area contributed by atoms with Crippen LogP contribution in [0.25, 0.3) is 0 Å². The predicted octanol–water partition coefficient (Wildman–Crippen LogP) is 2.34. The Morgan fingerprint density at radius 3 is 3.00 bits per heavy atom. The minimum absolute atomic E-state index is 0.326. The molecule has 0 aromatic heterocycles. The molecule has 0 saturated carbocycles. The molecule has 1 aliphatic rings. The molecule has 0 bridgehead atoms. The Morgan fingerprint density at radius 1 is 1.70 bits per heavy atom. The van der Waals surface area contributed by atoms with Crippen molar-refractivity contribution >= 4 is 5.71 Å². The van der Waals surface area contributed by atoms with Gasteiger partial charge >= 0.3 is 0 Å². The average molecular weight is 141 g/mol. The zero-order valence-electron chi connectivity index (χ0n) is 6.76. The number of rotatable bonds is 3. The van der Waals surface area contributed by atoms with Crippen LogP contribution in [0.4, 0.5) is 0 Å². The summed E-state index contributed by atoms with van der Waals surface area (Å²) in [6, 6.07) is 0. The van der Waals surface area contributed by atoms with Crippen LogP contribution in [0, 0.1) is 0 Å². The summed E-state index contributed by atoms with van der Waals surface area (Å²) < 4.78 is 0. The van der Waals surface area contributed by atoms with Crippen LogP contribution in [0.3, 0.4) is 0 Å². The second-order valence-corrected chi connectivity index (χ2v) is 2.88. The van der Waals surface area contributed by atoms with Crippen LogP contribution < -0.4 is 0 Å². The third-order valence-corrected chi connectivity index (χ3v) is 1.70. The zero-order valence-corrected chi connectivity index (χ0v) is 6.76. The van der Waals surface area contributed by atoms with E-state index in [-0.39, 0.29) is 0 Å². The molecule has 58 valence electrons. The van der Waals surface area contributed by atoms with Gasteiger partial charge in [0.05, 0.1) is 5.71 Å². The van der Waals surface area contributed by atoms with Gasteiger partial charge in [-0.25, -0.2) is 0 Å². The first-order valence-electron chi connectivity index (χ1n) is 4.04. The molecule has 1 aliphatic heterocycles. The molecule has 0 aliphatic carbocycles. The van der Waals surface area contributed by atoms with Crippen molar-refractivity contribution in [3.8, 4) is 0 Å². The molecule has 1 rings (SSSR count). The first-order valence-corrected chi connectivity index (χ1v) is 4.04. The number of hydrogen-bond acceptors (Lipinski definition) is 2. The minimum Gasteiger partial charge on any atom is -0.392 e. The maximum Gasteiger partial charge on any atom is 0.130 e. The molecule has 0 spiro atoms. The summed E-state index contributed by atoms with van der Waals surface area (Å²) in [5.74, 6) is 0. The smallest absolute Gasteiger partial charge is 0.130 e. The van der Waals surface area contributed by atoms with Crippen LogP contribution in [0.15, 0.2) is 5.16 Å². The van der Waals surface area contributed by atoms with Crippen LogP contribution in [0.5, 0.6) is 0 Å². The Hall–Kier alpha value is -0.530. The predicted molar refractivity (Wildman–Crippen MR) is 42.1 cm³/mol. The van der Waals surface area contributed by atoms with Gasteiger partial charge in [-0.3, -0.25) is 0 Å². The summed E-state index contributed by atoms with van der Waals surface area (Å²) >= 11 is 0. The maximum atomic E-state index is 5.05. The Balaban J connectivity index is 2.17. The fourth-order valence-corrected chi connectivity index (χ4v) is 1.10. The zero-order chi connectivity index (χ0) is 7.40. The van der Waals surface area contributed by atoms with Crippen molar-refractivity contribution in [2.75, 3.05) is 0 Å². The highest BCUT2D eigenvalue weighted by atomic mass is 16.6. The van der Waals surface area contributed by atoms with Gasteiger partial charge in [0, 0.05) is 6.42 Å². The lowest BCUT2D eigenvalue weighted by Crippen LogP contribution is -2.01. The van der Waals surface area contributed by atoms with E-state index in [0.717, 1.165) is 12.8 Å². The fourth-order valence-electron chi connectivity index (χ4n) is 1.10. The van der Waals surface area contributed by atoms with Crippen molar-refractivity contribution in [2.24, 2.45) is 5.16 Å². The molecule has 1 unspecified atom stereocenters. The van der Waals surface area contributed by atoms with E-state index in [1.165, 1.54) is 18.6 Å². The monoisotopic (exact) mass is 141 g/mol. The summed E-state index contributed by atoms with van der Waals surface area (Å²) in [4.78, 5) is 5.05. The molecular weight excluding hydrogens is 126 g/mol. The molecule has 0 saturated heterocycles. The molecule has 10 heavy (non-hydrogen) atoms. The normalized spacial score (nSPS) is 24.2. The van der Waals surface area contributed by atoms with Crippen molar-refractivity contribution in [1.82, 2.24) is 0 Å². The Bertz CT molecular complexity index is 131. The molecule has 0 aromatic rings. The summed E-state index contributed by atoms with van der Waals surface area (Å²) in [6.45, 7) is 4.25. The minimum atomic E-state index is 0.326. The largest absolute Gasteiger partial charge is 0.392 e. The SMILES string of the molecule is CCCCC1=NOC(C)C1. The van der Waals surface area contributed by atoms with E-state index < -0.39 is 0 Å². The summed E-state index contributed by atoms with van der Waals surface area (Å²) in [5, 5.41) is 3.97. The lowest BCUT2D eigenvalue weighted by molar-refractivity contribution is 0.0995. The van der Waals surface area contributed by atoms with Crippen molar-refractivity contribution in [3.63, 3.8) is 0 Å². The fraction of sp³-hybridized carbons (Fsp3) is 0.875. The topological polar surface area (TPSA) is 21.6 Å². The van der Waals surface area contributed by atoms with Crippen molar-refractivity contribution in [1.29, 1.82) is 0 Å². The first kappa shape index (κ1) is 7.58. The lowest BCUT2D eigenvalue weighted by atomic mass is 10.1. The van der Waals surface area contributed by atoms with Gasteiger partial charge in [0.15, 0.2) is 0 Å². The first-order chi connectivity index (χ1) is 4.83. The van der Waals surface area contributed by atoms with Crippen molar-refractivity contribution < 1.29 is 4.84 Å². The van der Waals surface area contributed by atoms with Crippen molar-refractivity contribution in [3.05, 3.63) is 0 Å². The number of hydrogen-bond donors (Lipinski definition) is 0. The van der Waals surface area contributed by atoms with Crippen LogP contribution in [-0.2, 0) is 4.84 Å². The summed E-state index contributed by atoms with van der Waals surface area (Å²) in [5.41, 5.74) is 1.24. The molecule has 2 heteroatoms. The van der Waals surface area contributed by atoms with E-state index in [1.54, 1.807) is 0 Å². The highest BCUT2D eigenvalue weighted by Gasteiger charge is 2.14. The molecule has 0 N–H and O–H groups in total. The number of nitrogens with zero attached hydrogens (tertiary/aromatic N) is 1. The van der Waals surface area contributed by atoms with E-state index in [9.17, 15) is 0 Å². The molecule has 1 heterocycles. The maximum absolute atomic E-state index is 5.05. The van der Waals surface area contributed by atoms with E-state index in [2.05, 4.69) is 19.0 Å². The van der Waals surface area contributed by atoms with Gasteiger partial charge in [-0.2, -0.15) is 0 Å². The number of unbranched alkanes of at least 4 members (excludes halogenated alkanes) is 1. The van der Waals surface area contributed by atoms with Crippen molar-refractivity contribution in [2.45, 2.75) is 45.6 Å². The Morgan fingerprint density at radius 2 is 2.50 bits per heavy atom. The van der Waals surface area contributed by atoms with Crippen LogP contribution in [-0.4, -0.2) is 11.8 Å². The highest BCUT2D eigenvalue weighted by molar-refractivity contribution is 5.85. The van der Waals surface area contributed by atoms with E-state index >= 15 is 0 Å². The molecule has 0 aromatic carbocycles. The Kier molecular flexibility index (Phi) is 2.72. The average Bonchev–Trinajstić information content (AvgIpc) is 2.31. The quantitative estimate of drug-likeness (QED) is 0.591. The molecule has 1 atom stereocenters. The van der Waals surface area contributed by atoms with E-state index in [4.69, 9.17) is 4.84 Å². The van der Waals surface area contributed by atoms with E-state index in [0.29, 0.717) is 6.10 Å². The molecule has 0 radical (unpaired) electrons. The Labute approximate surface area is 62.3 Å². The van der Waals surface area contributed by atoms with Crippen LogP contribution in [0.1, 0.15) is 39.5 Å². The van der Waals surface area contributed by atoms with Gasteiger partial charge < -0.3 is 4.84 Å².